The summed E-state index contributed by atoms with van der Waals surface area (Å²) in [4.78, 5) is 4.22. The van der Waals surface area contributed by atoms with E-state index >= 15 is 0 Å². The zero-order valence-electron chi connectivity index (χ0n) is 14.8. The molecule has 7 nitrogen and oxygen atoms in total. The van der Waals surface area contributed by atoms with Crippen molar-refractivity contribution in [2.24, 2.45) is 0 Å². The van der Waals surface area contributed by atoms with E-state index in [1.807, 2.05) is 25.1 Å². The summed E-state index contributed by atoms with van der Waals surface area (Å²) in [5.41, 5.74) is 9.68. The van der Waals surface area contributed by atoms with Crippen LogP contribution in [0.3, 0.4) is 0 Å². The summed E-state index contributed by atoms with van der Waals surface area (Å²) in [6.45, 7) is 1.93. The lowest BCUT2D eigenvalue weighted by molar-refractivity contribution is 0.439. The minimum Gasteiger partial charge on any atom is -0.399 e. The number of sulfonamides is 1. The van der Waals surface area contributed by atoms with Crippen LogP contribution in [0, 0.1) is 0 Å². The van der Waals surface area contributed by atoms with Gasteiger partial charge in [-0.2, -0.15) is 0 Å². The van der Waals surface area contributed by atoms with Gasteiger partial charge in [0.15, 0.2) is 0 Å². The lowest BCUT2D eigenvalue weighted by Crippen LogP contribution is -2.31. The Morgan fingerprint density at radius 1 is 1.33 bits per heavy atom. The third-order valence-corrected chi connectivity index (χ3v) is 6.24. The van der Waals surface area contributed by atoms with Gasteiger partial charge >= 0.3 is 0 Å². The van der Waals surface area contributed by atoms with E-state index in [9.17, 15) is 8.42 Å². The van der Waals surface area contributed by atoms with Gasteiger partial charge in [-0.3, -0.25) is 0 Å². The Balaban J connectivity index is 0.00000210. The second-order valence-electron chi connectivity index (χ2n) is 6.53. The van der Waals surface area contributed by atoms with Gasteiger partial charge in [0.2, 0.25) is 10.0 Å². The zero-order chi connectivity index (χ0) is 18.3. The molecule has 0 amide bonds. The number of hydrogen-bond acceptors (Lipinski definition) is 6. The molecule has 4 rings (SSSR count). The van der Waals surface area contributed by atoms with Crippen molar-refractivity contribution in [3.63, 3.8) is 0 Å². The van der Waals surface area contributed by atoms with Gasteiger partial charge in [-0.25, -0.2) is 18.1 Å². The number of benzene rings is 1. The molecule has 3 aromatic rings. The van der Waals surface area contributed by atoms with E-state index in [2.05, 4.69) is 14.9 Å². The molecule has 2 aromatic heterocycles. The molecule has 0 bridgehead atoms. The minimum atomic E-state index is -3.72. The van der Waals surface area contributed by atoms with Crippen molar-refractivity contribution in [2.75, 3.05) is 5.73 Å². The first-order valence-electron chi connectivity index (χ1n) is 8.63. The van der Waals surface area contributed by atoms with Crippen molar-refractivity contribution < 1.29 is 12.9 Å². The Bertz CT molecular complexity index is 1080. The van der Waals surface area contributed by atoms with Crippen LogP contribution in [0.2, 0.25) is 0 Å². The fourth-order valence-corrected chi connectivity index (χ4v) is 4.69. The Kier molecular flexibility index (Phi) is 5.41. The molecule has 1 aliphatic carbocycles. The Morgan fingerprint density at radius 2 is 2.15 bits per heavy atom. The van der Waals surface area contributed by atoms with E-state index < -0.39 is 10.0 Å². The number of aromatic nitrogens is 2. The molecule has 2 heterocycles. The van der Waals surface area contributed by atoms with E-state index in [0.29, 0.717) is 28.9 Å². The number of nitrogen functional groups attached to an aromatic ring is 1. The van der Waals surface area contributed by atoms with Gasteiger partial charge in [-0.05, 0) is 55.0 Å². The topological polar surface area (TPSA) is 111 Å². The monoisotopic (exact) mass is 408 g/mol. The molecule has 0 saturated carbocycles. The minimum absolute atomic E-state index is 0. The smallest absolute Gasteiger partial charge is 0.258 e. The number of nitrogens with zero attached hydrogens (tertiary/aromatic N) is 2. The summed E-state index contributed by atoms with van der Waals surface area (Å²) < 4.78 is 33.8. The maximum absolute atomic E-state index is 12.9. The molecule has 144 valence electrons. The van der Waals surface area contributed by atoms with Crippen LogP contribution in [0.25, 0.3) is 11.1 Å². The van der Waals surface area contributed by atoms with E-state index in [1.165, 1.54) is 6.20 Å². The van der Waals surface area contributed by atoms with Crippen LogP contribution in [0.15, 0.2) is 39.9 Å². The fraction of sp³-hybridized carbons (Fsp3) is 0.333. The molecule has 1 unspecified atom stereocenters. The molecular weight excluding hydrogens is 388 g/mol. The highest BCUT2D eigenvalue weighted by atomic mass is 35.5. The van der Waals surface area contributed by atoms with E-state index in [4.69, 9.17) is 10.3 Å². The van der Waals surface area contributed by atoms with Gasteiger partial charge in [0.05, 0.1) is 17.3 Å². The quantitative estimate of drug-likeness (QED) is 0.641. The van der Waals surface area contributed by atoms with E-state index in [-0.39, 0.29) is 23.3 Å². The third-order valence-electron chi connectivity index (χ3n) is 4.80. The van der Waals surface area contributed by atoms with Crippen LogP contribution in [0.4, 0.5) is 5.69 Å². The molecule has 0 radical (unpaired) electrons. The van der Waals surface area contributed by atoms with Crippen LogP contribution < -0.4 is 10.5 Å². The van der Waals surface area contributed by atoms with Gasteiger partial charge in [-0.15, -0.1) is 12.4 Å². The normalized spacial score (nSPS) is 16.7. The largest absolute Gasteiger partial charge is 0.399 e. The number of fused-ring (bicyclic) bond motifs is 2. The number of aryl methyl sites for hydroxylation is 2. The predicted octanol–water partition coefficient (Wildman–Crippen LogP) is 3.15. The molecule has 1 aromatic carbocycles. The Hall–Kier alpha value is -2.16. The van der Waals surface area contributed by atoms with Gasteiger partial charge in [0, 0.05) is 11.7 Å². The average molecular weight is 409 g/mol. The molecule has 3 N–H and O–H groups in total. The van der Waals surface area contributed by atoms with Crippen LogP contribution in [0.1, 0.15) is 42.6 Å². The number of anilines is 1. The number of nitrogens with one attached hydrogen (secondary N) is 1. The van der Waals surface area contributed by atoms with E-state index in [1.54, 1.807) is 6.07 Å². The predicted molar refractivity (Wildman–Crippen MR) is 105 cm³/mol. The van der Waals surface area contributed by atoms with Crippen molar-refractivity contribution >= 4 is 39.2 Å². The molecular formula is C18H21ClN4O3S. The number of pyridine rings is 1. The Labute approximate surface area is 163 Å². The maximum Gasteiger partial charge on any atom is 0.258 e. The number of hydrogen-bond donors (Lipinski definition) is 2. The maximum atomic E-state index is 12.9. The van der Waals surface area contributed by atoms with Crippen LogP contribution in [-0.2, 0) is 22.9 Å². The molecule has 0 spiro atoms. The number of rotatable bonds is 4. The van der Waals surface area contributed by atoms with Crippen molar-refractivity contribution in [1.82, 2.24) is 14.9 Å². The van der Waals surface area contributed by atoms with Crippen LogP contribution in [-0.4, -0.2) is 18.6 Å². The standard InChI is InChI=1S/C18H20N4O3S.ClH/c1-2-16-15-9-13(10-20-18(15)25-21-16)26(23,24)22-17-5-3-4-11-8-12(19)6-7-14(11)17;/h6-10,17,22H,2-5,19H2,1H3;1H. The van der Waals surface area contributed by atoms with Crippen LogP contribution in [0.5, 0.6) is 0 Å². The highest BCUT2D eigenvalue weighted by molar-refractivity contribution is 7.89. The molecule has 0 aliphatic heterocycles. The van der Waals surface area contributed by atoms with Gasteiger partial charge in [0.25, 0.3) is 5.71 Å². The second kappa shape index (κ2) is 7.46. The molecule has 9 heteroatoms. The summed E-state index contributed by atoms with van der Waals surface area (Å²) in [6, 6.07) is 6.95. The number of halogens is 1. The van der Waals surface area contributed by atoms with Gasteiger partial charge in [0.1, 0.15) is 4.90 Å². The highest BCUT2D eigenvalue weighted by Crippen LogP contribution is 2.32. The first-order chi connectivity index (χ1) is 12.5. The summed E-state index contributed by atoms with van der Waals surface area (Å²) >= 11 is 0. The van der Waals surface area contributed by atoms with Crippen molar-refractivity contribution in [3.05, 3.63) is 47.3 Å². The summed E-state index contributed by atoms with van der Waals surface area (Å²) in [5.74, 6) is 0. The molecule has 27 heavy (non-hydrogen) atoms. The van der Waals surface area contributed by atoms with Crippen molar-refractivity contribution in [3.8, 4) is 0 Å². The third kappa shape index (κ3) is 3.65. The first kappa shape index (κ1) is 19.6. The molecule has 1 atom stereocenters. The van der Waals surface area contributed by atoms with Gasteiger partial charge < -0.3 is 10.3 Å². The fourth-order valence-electron chi connectivity index (χ4n) is 3.47. The van der Waals surface area contributed by atoms with Gasteiger partial charge in [-0.1, -0.05) is 18.1 Å². The summed E-state index contributed by atoms with van der Waals surface area (Å²) in [7, 11) is -3.72. The molecule has 0 saturated heterocycles. The van der Waals surface area contributed by atoms with Crippen LogP contribution >= 0.6 is 12.4 Å². The molecule has 0 fully saturated rings. The number of nitrogens with two attached hydrogens (primary N) is 1. The van der Waals surface area contributed by atoms with Crippen molar-refractivity contribution in [1.29, 1.82) is 0 Å². The Morgan fingerprint density at radius 3 is 2.93 bits per heavy atom. The van der Waals surface area contributed by atoms with E-state index in [0.717, 1.165) is 30.4 Å². The summed E-state index contributed by atoms with van der Waals surface area (Å²) in [6.07, 6.45) is 4.52. The second-order valence-corrected chi connectivity index (χ2v) is 8.24. The SMILES string of the molecule is CCc1noc2ncc(S(=O)(=O)NC3CCCc4cc(N)ccc43)cc12.Cl. The highest BCUT2D eigenvalue weighted by Gasteiger charge is 2.26. The van der Waals surface area contributed by atoms with Crippen molar-refractivity contribution in [2.45, 2.75) is 43.5 Å². The lowest BCUT2D eigenvalue weighted by atomic mass is 9.88. The average Bonchev–Trinajstić information content (AvgIpc) is 3.03. The first-order valence-corrected chi connectivity index (χ1v) is 10.1. The summed E-state index contributed by atoms with van der Waals surface area (Å²) in [5, 5.41) is 4.56. The lowest BCUT2D eigenvalue weighted by Gasteiger charge is -2.26. The molecule has 1 aliphatic rings. The zero-order valence-corrected chi connectivity index (χ0v) is 16.4.